The number of benzene rings is 2. The van der Waals surface area contributed by atoms with Gasteiger partial charge in [0.1, 0.15) is 11.9 Å². The number of carbonyl (C=O) groups is 1. The van der Waals surface area contributed by atoms with Crippen molar-refractivity contribution in [2.24, 2.45) is 0 Å². The first-order valence-corrected chi connectivity index (χ1v) is 12.4. The Morgan fingerprint density at radius 3 is 2.68 bits per heavy atom. The summed E-state index contributed by atoms with van der Waals surface area (Å²) in [7, 11) is 1.81. The number of pyridine rings is 2. The second-order valence-electron chi connectivity index (χ2n) is 9.74. The van der Waals surface area contributed by atoms with Crippen LogP contribution in [0.15, 0.2) is 54.9 Å². The topological polar surface area (TPSA) is 81.9 Å². The quantitative estimate of drug-likeness (QED) is 0.402. The highest BCUT2D eigenvalue weighted by atomic mass is 19.1. The number of nitriles is 1. The lowest BCUT2D eigenvalue weighted by Gasteiger charge is -2.24. The molecule has 5 rings (SSSR count). The van der Waals surface area contributed by atoms with E-state index < -0.39 is 0 Å². The number of hydrogen-bond acceptors (Lipinski definition) is 5. The van der Waals surface area contributed by atoms with Crippen molar-refractivity contribution >= 4 is 16.8 Å². The summed E-state index contributed by atoms with van der Waals surface area (Å²) in [5.41, 5.74) is 6.00. The van der Waals surface area contributed by atoms with E-state index in [0.29, 0.717) is 39.7 Å². The summed E-state index contributed by atoms with van der Waals surface area (Å²) < 4.78 is 14.4. The van der Waals surface area contributed by atoms with Crippen LogP contribution in [0.3, 0.4) is 0 Å². The van der Waals surface area contributed by atoms with Crippen LogP contribution in [0.4, 0.5) is 4.39 Å². The highest BCUT2D eigenvalue weighted by Crippen LogP contribution is 2.34. The minimum absolute atomic E-state index is 0.143. The van der Waals surface area contributed by atoms with Gasteiger partial charge in [-0.15, -0.1) is 0 Å². The van der Waals surface area contributed by atoms with Gasteiger partial charge in [0.2, 0.25) is 0 Å². The molecule has 1 saturated heterocycles. The van der Waals surface area contributed by atoms with Crippen molar-refractivity contribution in [3.63, 3.8) is 0 Å². The number of nitrogens with zero attached hydrogens (tertiary/aromatic N) is 4. The average molecular weight is 494 g/mol. The summed E-state index contributed by atoms with van der Waals surface area (Å²) in [6.07, 6.45) is 5.33. The molecule has 0 spiro atoms. The normalized spacial score (nSPS) is 15.1. The Bertz CT molecular complexity index is 1530. The van der Waals surface area contributed by atoms with Crippen molar-refractivity contribution in [2.45, 2.75) is 32.7 Å². The lowest BCUT2D eigenvalue weighted by molar-refractivity contribution is 0.0786. The fourth-order valence-corrected chi connectivity index (χ4v) is 5.10. The predicted octanol–water partition coefficient (Wildman–Crippen LogP) is 5.42. The highest BCUT2D eigenvalue weighted by Gasteiger charge is 2.25. The van der Waals surface area contributed by atoms with Gasteiger partial charge >= 0.3 is 0 Å². The Hall–Kier alpha value is -4.15. The van der Waals surface area contributed by atoms with E-state index in [2.05, 4.69) is 21.4 Å². The monoisotopic (exact) mass is 493 g/mol. The molecule has 4 aromatic rings. The predicted molar refractivity (Wildman–Crippen MR) is 143 cm³/mol. The molecule has 2 aromatic carbocycles. The molecule has 0 aliphatic carbocycles. The van der Waals surface area contributed by atoms with Crippen LogP contribution in [-0.2, 0) is 0 Å². The third-order valence-electron chi connectivity index (χ3n) is 6.97. The van der Waals surface area contributed by atoms with E-state index in [4.69, 9.17) is 0 Å². The van der Waals surface area contributed by atoms with Crippen LogP contribution in [0.2, 0.25) is 0 Å². The Morgan fingerprint density at radius 2 is 1.95 bits per heavy atom. The third-order valence-corrected chi connectivity index (χ3v) is 6.97. The van der Waals surface area contributed by atoms with Gasteiger partial charge in [0, 0.05) is 54.2 Å². The van der Waals surface area contributed by atoms with E-state index in [0.717, 1.165) is 41.8 Å². The van der Waals surface area contributed by atoms with Gasteiger partial charge in [-0.2, -0.15) is 5.26 Å². The number of carbonyl (C=O) groups excluding carboxylic acids is 1. The fourth-order valence-electron chi connectivity index (χ4n) is 5.10. The maximum absolute atomic E-state index is 14.4. The zero-order valence-electron chi connectivity index (χ0n) is 21.2. The van der Waals surface area contributed by atoms with Crippen LogP contribution in [-0.4, -0.2) is 47.0 Å². The van der Waals surface area contributed by atoms with Gasteiger partial charge in [0.15, 0.2) is 0 Å². The first-order valence-electron chi connectivity index (χ1n) is 12.4. The van der Waals surface area contributed by atoms with E-state index in [9.17, 15) is 14.4 Å². The minimum Gasteiger partial charge on any atom is -0.340 e. The molecule has 1 atom stereocenters. The Morgan fingerprint density at radius 1 is 1.11 bits per heavy atom. The summed E-state index contributed by atoms with van der Waals surface area (Å²) >= 11 is 0. The van der Waals surface area contributed by atoms with Crippen LogP contribution >= 0.6 is 0 Å². The molecule has 6 nitrogen and oxygen atoms in total. The maximum Gasteiger partial charge on any atom is 0.255 e. The first kappa shape index (κ1) is 24.5. The Balaban J connectivity index is 1.71. The molecule has 0 saturated carbocycles. The molecular formula is C30H28FN5O. The number of aromatic nitrogens is 2. The summed E-state index contributed by atoms with van der Waals surface area (Å²) in [5, 5.41) is 13.5. The average Bonchev–Trinajstić information content (AvgIpc) is 3.40. The van der Waals surface area contributed by atoms with Gasteiger partial charge < -0.3 is 10.2 Å². The van der Waals surface area contributed by atoms with Gasteiger partial charge in [-0.3, -0.25) is 14.8 Å². The minimum atomic E-state index is -0.360. The fraction of sp³-hybridized carbons (Fsp3) is 0.267. The van der Waals surface area contributed by atoms with Crippen molar-refractivity contribution in [1.29, 1.82) is 5.26 Å². The highest BCUT2D eigenvalue weighted by molar-refractivity contribution is 6.12. The van der Waals surface area contributed by atoms with Crippen LogP contribution in [0.25, 0.3) is 33.2 Å². The molecule has 1 aliphatic heterocycles. The van der Waals surface area contributed by atoms with Crippen LogP contribution in [0, 0.1) is 31.0 Å². The molecule has 1 aliphatic rings. The van der Waals surface area contributed by atoms with E-state index in [1.807, 2.05) is 45.2 Å². The zero-order chi connectivity index (χ0) is 26.1. The molecule has 1 N–H and O–H groups in total. The number of hydrogen-bond donors (Lipinski definition) is 1. The Labute approximate surface area is 215 Å². The lowest BCUT2D eigenvalue weighted by Crippen LogP contribution is -2.38. The molecule has 0 bridgehead atoms. The molecule has 7 heteroatoms. The van der Waals surface area contributed by atoms with E-state index >= 15 is 0 Å². The number of rotatable bonds is 5. The van der Waals surface area contributed by atoms with Gasteiger partial charge in [-0.05, 0) is 80.3 Å². The second kappa shape index (κ2) is 10.1. The van der Waals surface area contributed by atoms with Gasteiger partial charge in [0.25, 0.3) is 5.91 Å². The van der Waals surface area contributed by atoms with Crippen LogP contribution in [0.1, 0.15) is 40.0 Å². The molecule has 1 amide bonds. The summed E-state index contributed by atoms with van der Waals surface area (Å²) in [6, 6.07) is 14.7. The van der Waals surface area contributed by atoms with Gasteiger partial charge in [-0.25, -0.2) is 4.39 Å². The second-order valence-corrected chi connectivity index (χ2v) is 9.74. The molecule has 0 radical (unpaired) electrons. The van der Waals surface area contributed by atoms with Crippen molar-refractivity contribution in [3.8, 4) is 28.3 Å². The van der Waals surface area contributed by atoms with Crippen molar-refractivity contribution in [1.82, 2.24) is 20.2 Å². The van der Waals surface area contributed by atoms with Crippen molar-refractivity contribution < 1.29 is 9.18 Å². The molecule has 0 unspecified atom stereocenters. The Kier molecular flexibility index (Phi) is 6.68. The number of amides is 1. The van der Waals surface area contributed by atoms with Crippen molar-refractivity contribution in [3.05, 3.63) is 83.1 Å². The van der Waals surface area contributed by atoms with Gasteiger partial charge in [0.05, 0.1) is 16.6 Å². The molecule has 3 heterocycles. The molecule has 2 aromatic heterocycles. The number of nitrogens with one attached hydrogen (secondary N) is 1. The SMILES string of the molecule is Cc1cc(F)cc(-c2cnc3ccc(-c4cc(C#N)cnc4C)cc3c2C(=O)N(C)C[C@@H]2CCCN2)c1. The summed E-state index contributed by atoms with van der Waals surface area (Å²) in [5.74, 6) is -0.503. The standard InChI is InChI=1S/C30H28FN5O/c1-18-9-22(12-23(31)10-18)27-16-35-28-7-6-21(25-11-20(14-32)15-34-19(25)2)13-26(28)29(27)30(37)36(3)17-24-5-4-8-33-24/h6-7,9-13,15-16,24,33H,4-5,8,17H2,1-3H3/t24-/m0/s1. The smallest absolute Gasteiger partial charge is 0.255 e. The largest absolute Gasteiger partial charge is 0.340 e. The van der Waals surface area contributed by atoms with Crippen LogP contribution in [0.5, 0.6) is 0 Å². The summed E-state index contributed by atoms with van der Waals surface area (Å²) in [6.45, 7) is 5.25. The number of likely N-dealkylation sites (N-methyl/N-ethyl adjacent to an activating group) is 1. The van der Waals surface area contributed by atoms with E-state index in [1.165, 1.54) is 12.1 Å². The van der Waals surface area contributed by atoms with E-state index in [-0.39, 0.29) is 17.8 Å². The van der Waals surface area contributed by atoms with Crippen LogP contribution < -0.4 is 5.32 Å². The number of aryl methyl sites for hydroxylation is 2. The lowest BCUT2D eigenvalue weighted by atomic mass is 9.93. The summed E-state index contributed by atoms with van der Waals surface area (Å²) in [4.78, 5) is 24.8. The third kappa shape index (κ3) is 4.93. The molecule has 37 heavy (non-hydrogen) atoms. The molecule has 186 valence electrons. The van der Waals surface area contributed by atoms with Gasteiger partial charge in [-0.1, -0.05) is 12.1 Å². The first-order chi connectivity index (χ1) is 17.8. The van der Waals surface area contributed by atoms with Crippen molar-refractivity contribution in [2.75, 3.05) is 20.1 Å². The number of halogens is 1. The van der Waals surface area contributed by atoms with E-state index in [1.54, 1.807) is 23.4 Å². The number of fused-ring (bicyclic) bond motifs is 1. The molecule has 1 fully saturated rings. The zero-order valence-corrected chi connectivity index (χ0v) is 21.2. The maximum atomic E-state index is 14.4. The molecular weight excluding hydrogens is 465 g/mol.